The van der Waals surface area contributed by atoms with Crippen LogP contribution in [-0.2, 0) is 0 Å². The second kappa shape index (κ2) is 5.50. The number of benzene rings is 2. The van der Waals surface area contributed by atoms with E-state index in [2.05, 4.69) is 26.2 Å². The number of aromatic nitrogens is 1. The lowest BCUT2D eigenvalue weighted by Crippen LogP contribution is -1.96. The van der Waals surface area contributed by atoms with E-state index in [-0.39, 0.29) is 5.02 Å². The van der Waals surface area contributed by atoms with Gasteiger partial charge < -0.3 is 11.1 Å². The van der Waals surface area contributed by atoms with Gasteiger partial charge in [0.15, 0.2) is 0 Å². The topological polar surface area (TPSA) is 50.9 Å². The SMILES string of the molecule is Nc1ccc(Nc2ccc(Cl)c(F)c2)c2ncc(Br)cc12. The molecule has 3 rings (SSSR count). The van der Waals surface area contributed by atoms with E-state index in [9.17, 15) is 4.39 Å². The maximum Gasteiger partial charge on any atom is 0.143 e. The maximum atomic E-state index is 13.5. The molecular formula is C15H10BrClFN3. The fourth-order valence-electron chi connectivity index (χ4n) is 2.05. The molecule has 0 atom stereocenters. The van der Waals surface area contributed by atoms with Crippen LogP contribution in [0.4, 0.5) is 21.5 Å². The van der Waals surface area contributed by atoms with Gasteiger partial charge in [-0.1, -0.05) is 11.6 Å². The molecule has 106 valence electrons. The molecule has 0 aliphatic rings. The quantitative estimate of drug-likeness (QED) is 0.619. The predicted molar refractivity (Wildman–Crippen MR) is 88.5 cm³/mol. The van der Waals surface area contributed by atoms with Crippen molar-refractivity contribution in [3.63, 3.8) is 0 Å². The molecule has 0 saturated carbocycles. The van der Waals surface area contributed by atoms with Crippen molar-refractivity contribution < 1.29 is 4.39 Å². The smallest absolute Gasteiger partial charge is 0.143 e. The van der Waals surface area contributed by atoms with Gasteiger partial charge in [0, 0.05) is 27.4 Å². The van der Waals surface area contributed by atoms with Crippen LogP contribution in [0.1, 0.15) is 0 Å². The Balaban J connectivity index is 2.08. The Morgan fingerprint density at radius 1 is 1.19 bits per heavy atom. The minimum atomic E-state index is -0.475. The molecule has 1 aromatic heterocycles. The molecule has 0 fully saturated rings. The number of nitrogens with zero attached hydrogens (tertiary/aromatic N) is 1. The Morgan fingerprint density at radius 2 is 2.00 bits per heavy atom. The van der Waals surface area contributed by atoms with Crippen LogP contribution in [0.3, 0.4) is 0 Å². The maximum absolute atomic E-state index is 13.5. The Bertz CT molecular complexity index is 839. The van der Waals surface area contributed by atoms with Crippen molar-refractivity contribution in [2.24, 2.45) is 0 Å². The van der Waals surface area contributed by atoms with Crippen molar-refractivity contribution >= 4 is 55.5 Å². The third-order valence-electron chi connectivity index (χ3n) is 3.05. The van der Waals surface area contributed by atoms with E-state index in [1.165, 1.54) is 12.1 Å². The Hall–Kier alpha value is -1.85. The Labute approximate surface area is 134 Å². The van der Waals surface area contributed by atoms with Crippen LogP contribution in [0.2, 0.25) is 5.02 Å². The van der Waals surface area contributed by atoms with Gasteiger partial charge in [0.1, 0.15) is 5.82 Å². The third kappa shape index (κ3) is 2.80. The van der Waals surface area contributed by atoms with Crippen molar-refractivity contribution in [2.75, 3.05) is 11.1 Å². The normalized spacial score (nSPS) is 10.8. The van der Waals surface area contributed by atoms with E-state index in [0.717, 1.165) is 15.5 Å². The minimum Gasteiger partial charge on any atom is -0.398 e. The summed E-state index contributed by atoms with van der Waals surface area (Å²) in [6.07, 6.45) is 1.69. The van der Waals surface area contributed by atoms with E-state index in [4.69, 9.17) is 17.3 Å². The average molecular weight is 367 g/mol. The van der Waals surface area contributed by atoms with Crippen molar-refractivity contribution in [2.45, 2.75) is 0 Å². The third-order valence-corrected chi connectivity index (χ3v) is 3.79. The Morgan fingerprint density at radius 3 is 2.76 bits per heavy atom. The number of nitrogen functional groups attached to an aromatic ring is 1. The van der Waals surface area contributed by atoms with Gasteiger partial charge in [0.2, 0.25) is 0 Å². The number of hydrogen-bond donors (Lipinski definition) is 2. The fourth-order valence-corrected chi connectivity index (χ4v) is 2.49. The molecule has 3 aromatic rings. The van der Waals surface area contributed by atoms with Crippen molar-refractivity contribution in [1.82, 2.24) is 4.98 Å². The van der Waals surface area contributed by atoms with Crippen LogP contribution in [0.25, 0.3) is 10.9 Å². The standard InChI is InChI=1S/C15H10BrClFN3/c16-8-5-10-13(19)3-4-14(15(10)20-7-8)21-9-1-2-11(17)12(18)6-9/h1-7,21H,19H2. The lowest BCUT2D eigenvalue weighted by atomic mass is 10.1. The number of hydrogen-bond acceptors (Lipinski definition) is 3. The summed E-state index contributed by atoms with van der Waals surface area (Å²) in [6, 6.07) is 10.0. The summed E-state index contributed by atoms with van der Waals surface area (Å²) >= 11 is 9.05. The molecule has 2 aromatic carbocycles. The van der Waals surface area contributed by atoms with Crippen molar-refractivity contribution in [3.8, 4) is 0 Å². The molecule has 3 nitrogen and oxygen atoms in total. The number of nitrogens with two attached hydrogens (primary N) is 1. The molecule has 0 radical (unpaired) electrons. The first kappa shape index (κ1) is 14.1. The zero-order valence-electron chi connectivity index (χ0n) is 10.7. The number of halogens is 3. The lowest BCUT2D eigenvalue weighted by Gasteiger charge is -2.11. The van der Waals surface area contributed by atoms with Crippen LogP contribution in [0, 0.1) is 5.82 Å². The van der Waals surface area contributed by atoms with Gasteiger partial charge in [-0.3, -0.25) is 4.98 Å². The van der Waals surface area contributed by atoms with E-state index >= 15 is 0 Å². The zero-order valence-corrected chi connectivity index (χ0v) is 13.0. The van der Waals surface area contributed by atoms with Gasteiger partial charge in [-0.15, -0.1) is 0 Å². The molecular weight excluding hydrogens is 357 g/mol. The number of nitrogens with one attached hydrogen (secondary N) is 1. The highest BCUT2D eigenvalue weighted by Crippen LogP contribution is 2.31. The van der Waals surface area contributed by atoms with Crippen LogP contribution < -0.4 is 11.1 Å². The first-order valence-electron chi connectivity index (χ1n) is 6.10. The van der Waals surface area contributed by atoms with Crippen molar-refractivity contribution in [3.05, 3.63) is 57.9 Å². The first-order chi connectivity index (χ1) is 10.0. The Kier molecular flexibility index (Phi) is 3.69. The predicted octanol–water partition coefficient (Wildman–Crippen LogP) is 5.12. The molecule has 1 heterocycles. The number of fused-ring (bicyclic) bond motifs is 1. The second-order valence-electron chi connectivity index (χ2n) is 4.51. The van der Waals surface area contributed by atoms with Gasteiger partial charge in [-0.25, -0.2) is 4.39 Å². The molecule has 0 amide bonds. The summed E-state index contributed by atoms with van der Waals surface area (Å²) in [7, 11) is 0. The number of anilines is 3. The van der Waals surface area contributed by atoms with E-state index in [1.54, 1.807) is 18.3 Å². The highest BCUT2D eigenvalue weighted by atomic mass is 79.9. The molecule has 0 spiro atoms. The minimum absolute atomic E-state index is 0.0877. The lowest BCUT2D eigenvalue weighted by molar-refractivity contribution is 0.629. The van der Waals surface area contributed by atoms with E-state index in [1.807, 2.05) is 12.1 Å². The fraction of sp³-hybridized carbons (Fsp3) is 0. The molecule has 6 heteroatoms. The molecule has 0 aliphatic carbocycles. The van der Waals surface area contributed by atoms with Gasteiger partial charge in [-0.05, 0) is 52.3 Å². The monoisotopic (exact) mass is 365 g/mol. The molecule has 0 unspecified atom stereocenters. The van der Waals surface area contributed by atoms with Gasteiger partial charge in [0.05, 0.1) is 16.2 Å². The highest BCUT2D eigenvalue weighted by Gasteiger charge is 2.08. The second-order valence-corrected chi connectivity index (χ2v) is 5.83. The van der Waals surface area contributed by atoms with Gasteiger partial charge >= 0.3 is 0 Å². The van der Waals surface area contributed by atoms with Crippen LogP contribution in [-0.4, -0.2) is 4.98 Å². The zero-order chi connectivity index (χ0) is 15.0. The molecule has 0 bridgehead atoms. The molecule has 21 heavy (non-hydrogen) atoms. The summed E-state index contributed by atoms with van der Waals surface area (Å²) < 4.78 is 14.3. The van der Waals surface area contributed by atoms with Crippen LogP contribution in [0.15, 0.2) is 47.1 Å². The summed E-state index contributed by atoms with van der Waals surface area (Å²) in [4.78, 5) is 4.37. The summed E-state index contributed by atoms with van der Waals surface area (Å²) in [6.45, 7) is 0. The number of pyridine rings is 1. The average Bonchev–Trinajstić information content (AvgIpc) is 2.46. The number of rotatable bonds is 2. The molecule has 0 saturated heterocycles. The summed E-state index contributed by atoms with van der Waals surface area (Å²) in [5.74, 6) is -0.475. The first-order valence-corrected chi connectivity index (χ1v) is 7.27. The summed E-state index contributed by atoms with van der Waals surface area (Å²) in [5.41, 5.74) is 8.65. The van der Waals surface area contributed by atoms with Crippen molar-refractivity contribution in [1.29, 1.82) is 0 Å². The van der Waals surface area contributed by atoms with E-state index in [0.29, 0.717) is 16.9 Å². The molecule has 0 aliphatic heterocycles. The molecule has 3 N–H and O–H groups in total. The van der Waals surface area contributed by atoms with Gasteiger partial charge in [0.25, 0.3) is 0 Å². The highest BCUT2D eigenvalue weighted by molar-refractivity contribution is 9.10. The van der Waals surface area contributed by atoms with Crippen LogP contribution >= 0.6 is 27.5 Å². The largest absolute Gasteiger partial charge is 0.398 e. The summed E-state index contributed by atoms with van der Waals surface area (Å²) in [5, 5.41) is 4.04. The van der Waals surface area contributed by atoms with Gasteiger partial charge in [-0.2, -0.15) is 0 Å². The van der Waals surface area contributed by atoms with E-state index < -0.39 is 5.82 Å². The van der Waals surface area contributed by atoms with Crippen LogP contribution in [0.5, 0.6) is 0 Å².